The largest absolute Gasteiger partial charge is 0.379 e. The molecule has 192 valence electrons. The molecule has 0 saturated carbocycles. The lowest BCUT2D eigenvalue weighted by Crippen LogP contribution is -2.28. The second-order valence-electron chi connectivity index (χ2n) is 8.98. The van der Waals surface area contributed by atoms with Crippen molar-refractivity contribution in [3.8, 4) is 0 Å². The third-order valence-corrected chi connectivity index (χ3v) is 3.54. The van der Waals surface area contributed by atoms with E-state index in [-0.39, 0.29) is 25.0 Å². The summed E-state index contributed by atoms with van der Waals surface area (Å²) in [5.74, 6) is -0.833. The van der Waals surface area contributed by atoms with E-state index in [2.05, 4.69) is 27.7 Å². The van der Waals surface area contributed by atoms with Crippen LogP contribution in [0.4, 0.5) is 0 Å². The Labute approximate surface area is 200 Å². The SMILES string of the molecule is CC.CC(C)(C)C.NC(=O)CCC(N)COCc1ccc(CCOCCOCC(N)=O)cc1. The molecule has 0 aliphatic carbocycles. The van der Waals surface area contributed by atoms with Crippen molar-refractivity contribution in [2.45, 2.75) is 73.5 Å². The quantitative estimate of drug-likeness (QED) is 0.337. The van der Waals surface area contributed by atoms with Crippen molar-refractivity contribution >= 4 is 11.8 Å². The normalized spacial score (nSPS) is 11.5. The predicted octanol–water partition coefficient (Wildman–Crippen LogP) is 2.94. The third kappa shape index (κ3) is 28.0. The molecule has 0 bridgehead atoms. The van der Waals surface area contributed by atoms with Gasteiger partial charge in [-0.3, -0.25) is 9.59 Å². The summed E-state index contributed by atoms with van der Waals surface area (Å²) < 4.78 is 16.0. The summed E-state index contributed by atoms with van der Waals surface area (Å²) in [6.07, 6.45) is 1.59. The molecule has 0 fully saturated rings. The summed E-state index contributed by atoms with van der Waals surface area (Å²) in [6.45, 7) is 14.9. The predicted molar refractivity (Wildman–Crippen MR) is 134 cm³/mol. The summed E-state index contributed by atoms with van der Waals surface area (Å²) in [7, 11) is 0. The van der Waals surface area contributed by atoms with Gasteiger partial charge in [0.2, 0.25) is 11.8 Å². The van der Waals surface area contributed by atoms with Crippen LogP contribution in [0.2, 0.25) is 0 Å². The summed E-state index contributed by atoms with van der Waals surface area (Å²) in [4.78, 5) is 21.2. The van der Waals surface area contributed by atoms with Crippen molar-refractivity contribution in [2.24, 2.45) is 22.6 Å². The highest BCUT2D eigenvalue weighted by molar-refractivity contribution is 5.75. The first-order valence-corrected chi connectivity index (χ1v) is 11.6. The zero-order chi connectivity index (χ0) is 25.7. The monoisotopic (exact) mass is 469 g/mol. The lowest BCUT2D eigenvalue weighted by molar-refractivity contribution is -0.123. The van der Waals surface area contributed by atoms with Crippen molar-refractivity contribution < 1.29 is 23.8 Å². The van der Waals surface area contributed by atoms with E-state index in [1.807, 2.05) is 38.1 Å². The molecule has 0 spiro atoms. The van der Waals surface area contributed by atoms with Gasteiger partial charge < -0.3 is 31.4 Å². The van der Waals surface area contributed by atoms with Gasteiger partial charge in [-0.2, -0.15) is 0 Å². The fraction of sp³-hybridized carbons (Fsp3) is 0.680. The Balaban J connectivity index is 0. The minimum absolute atomic E-state index is 0.0804. The average Bonchev–Trinajstić information content (AvgIpc) is 2.72. The Kier molecular flexibility index (Phi) is 20.7. The molecule has 1 rings (SSSR count). The Morgan fingerprint density at radius 2 is 1.36 bits per heavy atom. The highest BCUT2D eigenvalue weighted by Crippen LogP contribution is 2.08. The fourth-order valence-corrected chi connectivity index (χ4v) is 2.12. The van der Waals surface area contributed by atoms with E-state index < -0.39 is 5.91 Å². The standard InChI is InChI=1S/C18H29N3O5.C5H12.C2H6/c19-16(5-6-17(20)22)12-26-11-15-3-1-14(2-4-15)7-8-24-9-10-25-13-18(21)23;1-5(2,3)4;1-2/h1-4,16H,5-13,19H2,(H2,20,22)(H2,21,23);1-4H3;1-2H3. The van der Waals surface area contributed by atoms with E-state index in [0.717, 1.165) is 17.5 Å². The van der Waals surface area contributed by atoms with Gasteiger partial charge in [-0.25, -0.2) is 0 Å². The van der Waals surface area contributed by atoms with Crippen molar-refractivity contribution in [1.82, 2.24) is 0 Å². The smallest absolute Gasteiger partial charge is 0.243 e. The first-order valence-electron chi connectivity index (χ1n) is 11.6. The van der Waals surface area contributed by atoms with E-state index in [1.165, 1.54) is 0 Å². The molecule has 0 saturated heterocycles. The Bertz CT molecular complexity index is 609. The number of hydrogen-bond acceptors (Lipinski definition) is 6. The Morgan fingerprint density at radius 3 is 1.88 bits per heavy atom. The molecule has 0 heterocycles. The average molecular weight is 470 g/mol. The van der Waals surface area contributed by atoms with Gasteiger partial charge in [-0.1, -0.05) is 65.8 Å². The molecule has 1 unspecified atom stereocenters. The maximum atomic E-state index is 10.7. The highest BCUT2D eigenvalue weighted by Gasteiger charge is 2.05. The van der Waals surface area contributed by atoms with Gasteiger partial charge in [-0.05, 0) is 29.4 Å². The Morgan fingerprint density at radius 1 is 0.848 bits per heavy atom. The second kappa shape index (κ2) is 20.6. The number of rotatable bonds is 15. The molecule has 0 aromatic heterocycles. The van der Waals surface area contributed by atoms with E-state index in [0.29, 0.717) is 44.9 Å². The van der Waals surface area contributed by atoms with Gasteiger partial charge in [0.25, 0.3) is 0 Å². The summed E-state index contributed by atoms with van der Waals surface area (Å²) in [5.41, 5.74) is 18.6. The number of benzene rings is 1. The topological polar surface area (TPSA) is 140 Å². The van der Waals surface area contributed by atoms with Crippen LogP contribution in [0.15, 0.2) is 24.3 Å². The zero-order valence-corrected chi connectivity index (χ0v) is 21.5. The van der Waals surface area contributed by atoms with Crippen LogP contribution in [0.25, 0.3) is 0 Å². The van der Waals surface area contributed by atoms with Crippen LogP contribution < -0.4 is 17.2 Å². The van der Waals surface area contributed by atoms with Crippen LogP contribution in [0.5, 0.6) is 0 Å². The van der Waals surface area contributed by atoms with Crippen molar-refractivity contribution in [1.29, 1.82) is 0 Å². The molecule has 6 N–H and O–H groups in total. The number of amides is 2. The molecule has 0 aliphatic heterocycles. The second-order valence-corrected chi connectivity index (χ2v) is 8.98. The minimum atomic E-state index is -0.485. The molecule has 1 atom stereocenters. The Hall–Kier alpha value is -2.00. The number of ether oxygens (including phenoxy) is 3. The zero-order valence-electron chi connectivity index (χ0n) is 21.5. The van der Waals surface area contributed by atoms with Crippen LogP contribution in [-0.2, 0) is 36.8 Å². The van der Waals surface area contributed by atoms with E-state index >= 15 is 0 Å². The highest BCUT2D eigenvalue weighted by atomic mass is 16.5. The first-order chi connectivity index (χ1) is 15.5. The van der Waals surface area contributed by atoms with Crippen LogP contribution in [-0.4, -0.2) is 50.9 Å². The molecule has 33 heavy (non-hydrogen) atoms. The van der Waals surface area contributed by atoms with E-state index in [9.17, 15) is 9.59 Å². The van der Waals surface area contributed by atoms with Gasteiger partial charge in [0, 0.05) is 12.5 Å². The van der Waals surface area contributed by atoms with Crippen LogP contribution in [0, 0.1) is 5.41 Å². The van der Waals surface area contributed by atoms with Gasteiger partial charge in [0.15, 0.2) is 0 Å². The molecular weight excluding hydrogens is 422 g/mol. The van der Waals surface area contributed by atoms with E-state index in [1.54, 1.807) is 0 Å². The van der Waals surface area contributed by atoms with E-state index in [4.69, 9.17) is 31.4 Å². The van der Waals surface area contributed by atoms with Crippen LogP contribution >= 0.6 is 0 Å². The number of primary amides is 2. The number of hydrogen-bond donors (Lipinski definition) is 3. The molecule has 0 radical (unpaired) electrons. The molecule has 1 aromatic carbocycles. The van der Waals surface area contributed by atoms with Crippen molar-refractivity contribution in [3.63, 3.8) is 0 Å². The lowest BCUT2D eigenvalue weighted by atomic mass is 10.0. The van der Waals surface area contributed by atoms with Gasteiger partial charge in [-0.15, -0.1) is 0 Å². The molecule has 0 aliphatic rings. The number of nitrogens with two attached hydrogens (primary N) is 3. The summed E-state index contributed by atoms with van der Waals surface area (Å²) in [6, 6.07) is 7.86. The summed E-state index contributed by atoms with van der Waals surface area (Å²) >= 11 is 0. The number of carbonyl (C=O) groups is 2. The van der Waals surface area contributed by atoms with Crippen LogP contribution in [0.1, 0.15) is 65.5 Å². The van der Waals surface area contributed by atoms with Gasteiger partial charge >= 0.3 is 0 Å². The molecule has 1 aromatic rings. The minimum Gasteiger partial charge on any atom is -0.379 e. The van der Waals surface area contributed by atoms with Crippen molar-refractivity contribution in [2.75, 3.05) is 33.0 Å². The third-order valence-electron chi connectivity index (χ3n) is 3.54. The maximum absolute atomic E-state index is 10.7. The molecular formula is C25H47N3O5. The van der Waals surface area contributed by atoms with Gasteiger partial charge in [0.05, 0.1) is 33.0 Å². The fourth-order valence-electron chi connectivity index (χ4n) is 2.12. The molecule has 8 nitrogen and oxygen atoms in total. The lowest BCUT2D eigenvalue weighted by Gasteiger charge is -2.11. The molecule has 2 amide bonds. The maximum Gasteiger partial charge on any atom is 0.243 e. The van der Waals surface area contributed by atoms with Crippen molar-refractivity contribution in [3.05, 3.63) is 35.4 Å². The number of carbonyl (C=O) groups excluding carboxylic acids is 2. The van der Waals surface area contributed by atoms with Crippen LogP contribution in [0.3, 0.4) is 0 Å². The first kappa shape index (κ1) is 33.2. The molecule has 8 heteroatoms. The van der Waals surface area contributed by atoms with Gasteiger partial charge in [0.1, 0.15) is 6.61 Å². The summed E-state index contributed by atoms with van der Waals surface area (Å²) in [5, 5.41) is 0.